The van der Waals surface area contributed by atoms with Crippen LogP contribution in [0, 0.1) is 0 Å². The second-order valence-corrected chi connectivity index (χ2v) is 5.80. The smallest absolute Gasteiger partial charge is 0.0941 e. The predicted molar refractivity (Wildman–Crippen MR) is 74.4 cm³/mol. The molecular weight excluding hydrogens is 250 g/mol. The molecule has 0 saturated heterocycles. The average Bonchev–Trinajstić information content (AvgIpc) is 2.91. The summed E-state index contributed by atoms with van der Waals surface area (Å²) in [5, 5.41) is 7.59. The van der Waals surface area contributed by atoms with Crippen molar-refractivity contribution in [3.8, 4) is 0 Å². The highest BCUT2D eigenvalue weighted by molar-refractivity contribution is 7.09. The molecule has 3 nitrogen and oxygen atoms in total. The Morgan fingerprint density at radius 3 is 2.94 bits per heavy atom. The van der Waals surface area contributed by atoms with Gasteiger partial charge in [-0.1, -0.05) is 0 Å². The van der Waals surface area contributed by atoms with Gasteiger partial charge in [0.2, 0.25) is 0 Å². The summed E-state index contributed by atoms with van der Waals surface area (Å²) < 4.78 is 0. The zero-order valence-corrected chi connectivity index (χ0v) is 11.6. The molecule has 2 N–H and O–H groups in total. The van der Waals surface area contributed by atoms with E-state index in [0.29, 0.717) is 6.54 Å². The van der Waals surface area contributed by atoms with Gasteiger partial charge in [-0.15, -0.1) is 11.3 Å². The lowest BCUT2D eigenvalue weighted by atomic mass is 10.3. The topological polar surface area (TPSA) is 42.1 Å². The number of thiazole rings is 1. The number of hydrogen-bond acceptors (Lipinski definition) is 5. The first-order chi connectivity index (χ1) is 8.28. The standard InChI is InChI=1S/C12H17N3S2/c1-15(6-10-3-5-16-8-10)7-11-9-17-12(14-11)2-4-13/h3,5,8-9H,2,4,6-7,13H2,1H3. The number of nitrogens with zero attached hydrogens (tertiary/aromatic N) is 2. The third kappa shape index (κ3) is 3.89. The van der Waals surface area contributed by atoms with E-state index in [2.05, 4.69) is 39.1 Å². The summed E-state index contributed by atoms with van der Waals surface area (Å²) in [6.07, 6.45) is 0.888. The molecule has 0 saturated carbocycles. The maximum absolute atomic E-state index is 5.52. The molecule has 0 aliphatic carbocycles. The molecule has 0 aromatic carbocycles. The third-order valence-corrected chi connectivity index (χ3v) is 4.11. The van der Waals surface area contributed by atoms with Crippen LogP contribution in [0.15, 0.2) is 22.2 Å². The average molecular weight is 267 g/mol. The Balaban J connectivity index is 1.86. The normalized spacial score (nSPS) is 11.2. The highest BCUT2D eigenvalue weighted by Crippen LogP contribution is 2.14. The van der Waals surface area contributed by atoms with Crippen molar-refractivity contribution in [3.63, 3.8) is 0 Å². The summed E-state index contributed by atoms with van der Waals surface area (Å²) in [6, 6.07) is 2.17. The molecule has 0 aliphatic heterocycles. The predicted octanol–water partition coefficient (Wildman–Crippen LogP) is 2.34. The molecule has 0 radical (unpaired) electrons. The molecule has 0 unspecified atom stereocenters. The lowest BCUT2D eigenvalue weighted by molar-refractivity contribution is 0.316. The zero-order valence-electron chi connectivity index (χ0n) is 9.93. The van der Waals surface area contributed by atoms with Crippen LogP contribution in [0.5, 0.6) is 0 Å². The monoisotopic (exact) mass is 267 g/mol. The van der Waals surface area contributed by atoms with Gasteiger partial charge in [-0.05, 0) is 36.0 Å². The van der Waals surface area contributed by atoms with E-state index in [1.165, 1.54) is 5.56 Å². The Morgan fingerprint density at radius 1 is 1.35 bits per heavy atom. The van der Waals surface area contributed by atoms with Crippen molar-refractivity contribution in [2.24, 2.45) is 5.73 Å². The van der Waals surface area contributed by atoms with E-state index in [0.717, 1.165) is 30.2 Å². The zero-order chi connectivity index (χ0) is 12.1. The summed E-state index contributed by atoms with van der Waals surface area (Å²) in [6.45, 7) is 2.56. The first-order valence-electron chi connectivity index (χ1n) is 5.61. The van der Waals surface area contributed by atoms with Gasteiger partial charge >= 0.3 is 0 Å². The van der Waals surface area contributed by atoms with Crippen molar-refractivity contribution >= 4 is 22.7 Å². The summed E-state index contributed by atoms with van der Waals surface area (Å²) in [4.78, 5) is 6.85. The first kappa shape index (κ1) is 12.7. The van der Waals surface area contributed by atoms with Crippen molar-refractivity contribution in [1.29, 1.82) is 0 Å². The molecule has 2 heterocycles. The Kier molecular flexibility index (Phi) is 4.67. The van der Waals surface area contributed by atoms with E-state index in [-0.39, 0.29) is 0 Å². The largest absolute Gasteiger partial charge is 0.330 e. The number of aromatic nitrogens is 1. The van der Waals surface area contributed by atoms with Gasteiger partial charge in [0.25, 0.3) is 0 Å². The second-order valence-electron chi connectivity index (χ2n) is 4.08. The molecule has 17 heavy (non-hydrogen) atoms. The van der Waals surface area contributed by atoms with Gasteiger partial charge in [0, 0.05) is 24.9 Å². The Bertz CT molecular complexity index is 436. The van der Waals surface area contributed by atoms with Gasteiger partial charge in [-0.25, -0.2) is 4.98 Å². The minimum absolute atomic E-state index is 0.678. The maximum Gasteiger partial charge on any atom is 0.0941 e. The van der Waals surface area contributed by atoms with Crippen LogP contribution >= 0.6 is 22.7 Å². The summed E-state index contributed by atoms with van der Waals surface area (Å²) >= 11 is 3.45. The maximum atomic E-state index is 5.52. The minimum atomic E-state index is 0.678. The van der Waals surface area contributed by atoms with E-state index < -0.39 is 0 Å². The van der Waals surface area contributed by atoms with E-state index >= 15 is 0 Å². The quantitative estimate of drug-likeness (QED) is 0.873. The lowest BCUT2D eigenvalue weighted by Crippen LogP contribution is -2.17. The first-order valence-corrected chi connectivity index (χ1v) is 7.43. The SMILES string of the molecule is CN(Cc1ccsc1)Cc1csc(CCN)n1. The van der Waals surface area contributed by atoms with Crippen molar-refractivity contribution in [2.75, 3.05) is 13.6 Å². The lowest BCUT2D eigenvalue weighted by Gasteiger charge is -2.13. The number of hydrogen-bond donors (Lipinski definition) is 1. The van der Waals surface area contributed by atoms with Crippen LogP contribution in [0.1, 0.15) is 16.3 Å². The van der Waals surface area contributed by atoms with Gasteiger partial charge in [-0.2, -0.15) is 11.3 Å². The Morgan fingerprint density at radius 2 is 2.24 bits per heavy atom. The fourth-order valence-electron chi connectivity index (χ4n) is 1.69. The van der Waals surface area contributed by atoms with Crippen LogP contribution in [0.4, 0.5) is 0 Å². The second kappa shape index (κ2) is 6.26. The van der Waals surface area contributed by atoms with Gasteiger partial charge in [0.15, 0.2) is 0 Å². The summed E-state index contributed by atoms with van der Waals surface area (Å²) in [7, 11) is 2.12. The minimum Gasteiger partial charge on any atom is -0.330 e. The van der Waals surface area contributed by atoms with Crippen LogP contribution in [0.25, 0.3) is 0 Å². The highest BCUT2D eigenvalue weighted by atomic mass is 32.1. The molecular formula is C12H17N3S2. The van der Waals surface area contributed by atoms with Gasteiger partial charge in [0.1, 0.15) is 0 Å². The van der Waals surface area contributed by atoms with Gasteiger partial charge < -0.3 is 5.73 Å². The van der Waals surface area contributed by atoms with Crippen molar-refractivity contribution in [1.82, 2.24) is 9.88 Å². The highest BCUT2D eigenvalue weighted by Gasteiger charge is 2.06. The van der Waals surface area contributed by atoms with E-state index in [9.17, 15) is 0 Å². The fraction of sp³-hybridized carbons (Fsp3) is 0.417. The molecule has 2 aromatic heterocycles. The number of thiophene rings is 1. The van der Waals surface area contributed by atoms with Crippen LogP contribution < -0.4 is 5.73 Å². The van der Waals surface area contributed by atoms with Crippen LogP contribution in [-0.2, 0) is 19.5 Å². The molecule has 92 valence electrons. The Labute approximate surface area is 110 Å². The molecule has 2 rings (SSSR count). The molecule has 0 atom stereocenters. The van der Waals surface area contributed by atoms with E-state index in [4.69, 9.17) is 5.73 Å². The number of rotatable bonds is 6. The summed E-state index contributed by atoms with van der Waals surface area (Å²) in [5.41, 5.74) is 8.04. The van der Waals surface area contributed by atoms with Crippen molar-refractivity contribution in [2.45, 2.75) is 19.5 Å². The van der Waals surface area contributed by atoms with Gasteiger partial charge in [-0.3, -0.25) is 4.90 Å². The molecule has 0 aliphatic rings. The molecule has 5 heteroatoms. The van der Waals surface area contributed by atoms with Crippen LogP contribution in [0.2, 0.25) is 0 Å². The van der Waals surface area contributed by atoms with E-state index in [1.807, 2.05) is 0 Å². The molecule has 2 aromatic rings. The molecule has 0 fully saturated rings. The molecule has 0 amide bonds. The number of nitrogens with two attached hydrogens (primary N) is 1. The molecule has 0 bridgehead atoms. The Hall–Kier alpha value is -0.750. The van der Waals surface area contributed by atoms with Crippen molar-refractivity contribution < 1.29 is 0 Å². The third-order valence-electron chi connectivity index (χ3n) is 2.42. The van der Waals surface area contributed by atoms with Crippen molar-refractivity contribution in [3.05, 3.63) is 38.5 Å². The fourth-order valence-corrected chi connectivity index (χ4v) is 3.15. The van der Waals surface area contributed by atoms with E-state index in [1.54, 1.807) is 22.7 Å². The van der Waals surface area contributed by atoms with Gasteiger partial charge in [0.05, 0.1) is 10.7 Å². The molecule has 0 spiro atoms. The van der Waals surface area contributed by atoms with Crippen LogP contribution in [-0.4, -0.2) is 23.5 Å². The van der Waals surface area contributed by atoms with Crippen LogP contribution in [0.3, 0.4) is 0 Å². The summed E-state index contributed by atoms with van der Waals surface area (Å²) in [5.74, 6) is 0.